The van der Waals surface area contributed by atoms with Crippen LogP contribution in [0.5, 0.6) is 0 Å². The Morgan fingerprint density at radius 1 is 1.09 bits per heavy atom. The van der Waals surface area contributed by atoms with E-state index >= 15 is 0 Å². The number of carbonyl (C=O) groups excluding carboxylic acids is 4. The molecule has 5 atom stereocenters. The van der Waals surface area contributed by atoms with Crippen molar-refractivity contribution in [2.75, 3.05) is 0 Å². The Bertz CT molecular complexity index is 1010. The molecule has 1 aliphatic heterocycles. The van der Waals surface area contributed by atoms with Crippen molar-refractivity contribution in [3.63, 3.8) is 0 Å². The third-order valence-corrected chi connectivity index (χ3v) is 6.83. The Balaban J connectivity index is 2.12. The molecule has 1 unspecified atom stereocenters. The van der Waals surface area contributed by atoms with Gasteiger partial charge in [-0.25, -0.2) is 14.4 Å². The summed E-state index contributed by atoms with van der Waals surface area (Å²) in [4.78, 5) is 51.1. The first-order valence-corrected chi connectivity index (χ1v) is 10.8. The van der Waals surface area contributed by atoms with Crippen molar-refractivity contribution in [3.8, 4) is 0 Å². The van der Waals surface area contributed by atoms with Gasteiger partial charge in [-0.3, -0.25) is 4.79 Å². The predicted octanol–water partition coefficient (Wildman–Crippen LogP) is 3.54. The zero-order valence-corrected chi connectivity index (χ0v) is 19.6. The fraction of sp³-hybridized carbons (Fsp3) is 0.520. The molecule has 0 amide bonds. The second kappa shape index (κ2) is 8.52. The van der Waals surface area contributed by atoms with Gasteiger partial charge >= 0.3 is 17.9 Å². The van der Waals surface area contributed by atoms with E-state index in [0.717, 1.165) is 11.1 Å². The lowest BCUT2D eigenvalue weighted by Crippen LogP contribution is -2.50. The highest BCUT2D eigenvalue weighted by molar-refractivity contribution is 6.09. The van der Waals surface area contributed by atoms with Gasteiger partial charge in [0.05, 0.1) is 5.92 Å². The Kier molecular flexibility index (Phi) is 6.31. The molecule has 0 radical (unpaired) electrons. The third kappa shape index (κ3) is 3.74. The SMILES string of the molecule is C/C=C(\C)C(=O)O[C@H]1CC(C)=C2C(=O)C=C(C)C2[C@H]2OC(=O)[C@@](C)(OC(=O)/C(C)=C/C)[C@H]12. The number of ketones is 1. The molecule has 0 spiro atoms. The molecule has 3 rings (SSSR count). The van der Waals surface area contributed by atoms with Gasteiger partial charge in [0, 0.05) is 29.1 Å². The van der Waals surface area contributed by atoms with Crippen LogP contribution < -0.4 is 0 Å². The summed E-state index contributed by atoms with van der Waals surface area (Å²) in [5, 5.41) is 0. The van der Waals surface area contributed by atoms with Crippen molar-refractivity contribution in [2.45, 2.75) is 72.7 Å². The molecule has 1 fully saturated rings. The maximum Gasteiger partial charge on any atom is 0.351 e. The van der Waals surface area contributed by atoms with Gasteiger partial charge in [-0.1, -0.05) is 23.3 Å². The minimum atomic E-state index is -1.68. The van der Waals surface area contributed by atoms with Gasteiger partial charge in [-0.15, -0.1) is 0 Å². The average molecular weight is 443 g/mol. The summed E-state index contributed by atoms with van der Waals surface area (Å²) in [6.45, 7) is 11.8. The minimum absolute atomic E-state index is 0.133. The highest BCUT2D eigenvalue weighted by Crippen LogP contribution is 2.51. The number of rotatable bonds is 4. The molecular weight excluding hydrogens is 412 g/mol. The van der Waals surface area contributed by atoms with E-state index < -0.39 is 47.6 Å². The quantitative estimate of drug-likeness (QED) is 0.373. The van der Waals surface area contributed by atoms with Crippen LogP contribution in [0.2, 0.25) is 0 Å². The molecule has 0 saturated carbocycles. The fourth-order valence-corrected chi connectivity index (χ4v) is 4.76. The van der Waals surface area contributed by atoms with Crippen LogP contribution in [0.25, 0.3) is 0 Å². The zero-order valence-electron chi connectivity index (χ0n) is 19.6. The van der Waals surface area contributed by atoms with E-state index in [4.69, 9.17) is 14.2 Å². The summed E-state index contributed by atoms with van der Waals surface area (Å²) in [6, 6.07) is 0. The minimum Gasteiger partial charge on any atom is -0.458 e. The Hall–Kier alpha value is -2.96. The van der Waals surface area contributed by atoms with Gasteiger partial charge < -0.3 is 14.2 Å². The van der Waals surface area contributed by atoms with E-state index in [1.807, 2.05) is 13.8 Å². The van der Waals surface area contributed by atoms with Crippen LogP contribution in [0.3, 0.4) is 0 Å². The lowest BCUT2D eigenvalue weighted by atomic mass is 9.77. The summed E-state index contributed by atoms with van der Waals surface area (Å²) in [5.74, 6) is -3.27. The Labute approximate surface area is 188 Å². The molecule has 32 heavy (non-hydrogen) atoms. The zero-order chi connectivity index (χ0) is 24.0. The molecule has 0 aromatic heterocycles. The molecule has 2 aliphatic carbocycles. The van der Waals surface area contributed by atoms with E-state index in [9.17, 15) is 19.2 Å². The van der Waals surface area contributed by atoms with E-state index in [1.165, 1.54) is 6.92 Å². The first kappa shape index (κ1) is 23.7. The molecule has 172 valence electrons. The lowest BCUT2D eigenvalue weighted by molar-refractivity contribution is -0.175. The number of hydrogen-bond acceptors (Lipinski definition) is 7. The molecule has 3 aliphatic rings. The van der Waals surface area contributed by atoms with Crippen molar-refractivity contribution < 1.29 is 33.4 Å². The van der Waals surface area contributed by atoms with Crippen LogP contribution in [0, 0.1) is 11.8 Å². The summed E-state index contributed by atoms with van der Waals surface area (Å²) in [5.41, 5.74) is 1.18. The first-order chi connectivity index (χ1) is 15.0. The number of fused-ring (bicyclic) bond motifs is 3. The van der Waals surface area contributed by atoms with Crippen LogP contribution in [0.15, 0.2) is 46.1 Å². The van der Waals surface area contributed by atoms with Gasteiger partial charge in [0.1, 0.15) is 12.2 Å². The number of esters is 3. The van der Waals surface area contributed by atoms with Gasteiger partial charge in [-0.05, 0) is 54.5 Å². The van der Waals surface area contributed by atoms with E-state index in [2.05, 4.69) is 0 Å². The van der Waals surface area contributed by atoms with Gasteiger partial charge in [0.15, 0.2) is 5.78 Å². The fourth-order valence-electron chi connectivity index (χ4n) is 4.76. The Morgan fingerprint density at radius 3 is 2.28 bits per heavy atom. The van der Waals surface area contributed by atoms with Crippen molar-refractivity contribution in [3.05, 3.63) is 46.1 Å². The summed E-state index contributed by atoms with van der Waals surface area (Å²) in [7, 11) is 0. The smallest absolute Gasteiger partial charge is 0.351 e. The second-order valence-corrected chi connectivity index (χ2v) is 8.91. The average Bonchev–Trinajstić information content (AvgIpc) is 3.12. The van der Waals surface area contributed by atoms with Crippen LogP contribution in [-0.2, 0) is 33.4 Å². The topological polar surface area (TPSA) is 96.0 Å². The van der Waals surface area contributed by atoms with E-state index in [0.29, 0.717) is 16.7 Å². The van der Waals surface area contributed by atoms with Crippen LogP contribution in [-0.4, -0.2) is 41.5 Å². The second-order valence-electron chi connectivity index (χ2n) is 8.91. The molecule has 1 heterocycles. The van der Waals surface area contributed by atoms with Crippen molar-refractivity contribution in [1.29, 1.82) is 0 Å². The van der Waals surface area contributed by atoms with Gasteiger partial charge in [0.2, 0.25) is 5.60 Å². The maximum atomic E-state index is 13.1. The van der Waals surface area contributed by atoms with Crippen molar-refractivity contribution in [2.24, 2.45) is 11.8 Å². The third-order valence-electron chi connectivity index (χ3n) is 6.83. The summed E-state index contributed by atoms with van der Waals surface area (Å²) >= 11 is 0. The molecule has 7 heteroatoms. The van der Waals surface area contributed by atoms with Crippen molar-refractivity contribution >= 4 is 23.7 Å². The van der Waals surface area contributed by atoms with E-state index in [-0.39, 0.29) is 12.2 Å². The summed E-state index contributed by atoms with van der Waals surface area (Å²) in [6.07, 6.45) is 3.39. The van der Waals surface area contributed by atoms with Crippen molar-refractivity contribution in [1.82, 2.24) is 0 Å². The number of ether oxygens (including phenoxy) is 3. The highest BCUT2D eigenvalue weighted by atomic mass is 16.6. The molecule has 0 N–H and O–H groups in total. The monoisotopic (exact) mass is 442 g/mol. The highest BCUT2D eigenvalue weighted by Gasteiger charge is 2.65. The molecule has 1 saturated heterocycles. The maximum absolute atomic E-state index is 13.1. The normalized spacial score (nSPS) is 32.7. The predicted molar refractivity (Wildman–Crippen MR) is 116 cm³/mol. The standard InChI is InChI=1S/C25H30O7/c1-8-12(3)22(27)30-17-11-15(6)18-16(26)10-14(5)19(18)21-20(17)25(7,24(29)31-21)32-23(28)13(4)9-2/h8-10,17,19-21H,11H2,1-7H3/b12-8+,13-9+/t17-,19?,20+,21+,25-/m0/s1. The van der Waals surface area contributed by atoms with Crippen LogP contribution in [0.1, 0.15) is 54.9 Å². The number of hydrogen-bond donors (Lipinski definition) is 0. The number of allylic oxidation sites excluding steroid dienone is 3. The Morgan fingerprint density at radius 2 is 1.69 bits per heavy atom. The molecule has 0 bridgehead atoms. The van der Waals surface area contributed by atoms with Gasteiger partial charge in [0.25, 0.3) is 0 Å². The number of carbonyl (C=O) groups is 4. The lowest BCUT2D eigenvalue weighted by Gasteiger charge is -2.34. The molecular formula is C25H30O7. The molecule has 0 aromatic rings. The van der Waals surface area contributed by atoms with E-state index in [1.54, 1.807) is 45.9 Å². The largest absolute Gasteiger partial charge is 0.458 e. The molecule has 0 aromatic carbocycles. The van der Waals surface area contributed by atoms with Crippen LogP contribution >= 0.6 is 0 Å². The van der Waals surface area contributed by atoms with Gasteiger partial charge in [-0.2, -0.15) is 0 Å². The first-order valence-electron chi connectivity index (χ1n) is 10.8. The van der Waals surface area contributed by atoms with Crippen LogP contribution in [0.4, 0.5) is 0 Å². The summed E-state index contributed by atoms with van der Waals surface area (Å²) < 4.78 is 17.4. The molecule has 7 nitrogen and oxygen atoms in total.